The fourth-order valence-corrected chi connectivity index (χ4v) is 4.72. The molecule has 0 unspecified atom stereocenters. The summed E-state index contributed by atoms with van der Waals surface area (Å²) < 4.78 is 7.39. The zero-order valence-electron chi connectivity index (χ0n) is 18.2. The van der Waals surface area contributed by atoms with Crippen LogP contribution in [-0.4, -0.2) is 16.0 Å². The molecular weight excluding hydrogens is 512 g/mol. The van der Waals surface area contributed by atoms with Gasteiger partial charge >= 0.3 is 0 Å². The molecule has 2 aromatic carbocycles. The second kappa shape index (κ2) is 9.40. The average Bonchev–Trinajstić information content (AvgIpc) is 3.45. The molecule has 2 N–H and O–H groups in total. The number of nitrogens with zero attached hydrogens (tertiary/aromatic N) is 2. The van der Waals surface area contributed by atoms with Crippen LogP contribution in [0.25, 0.3) is 11.3 Å². The predicted octanol–water partition coefficient (Wildman–Crippen LogP) is 6.24. The number of pyridine rings is 1. The van der Waals surface area contributed by atoms with Gasteiger partial charge in [0.25, 0.3) is 0 Å². The highest BCUT2D eigenvalue weighted by atomic mass is 79.9. The minimum Gasteiger partial charge on any atom is -0.459 e. The molecule has 3 heterocycles. The molecule has 170 valence electrons. The lowest BCUT2D eigenvalue weighted by molar-refractivity contribution is -0.114. The third-order valence-corrected chi connectivity index (χ3v) is 6.45. The molecule has 5 rings (SSSR count). The van der Waals surface area contributed by atoms with Crippen molar-refractivity contribution in [2.45, 2.75) is 19.0 Å². The van der Waals surface area contributed by atoms with Crippen molar-refractivity contribution in [2.75, 3.05) is 10.2 Å². The van der Waals surface area contributed by atoms with Gasteiger partial charge in [-0.15, -0.1) is 0 Å². The number of carbonyl (C=O) groups excluding carboxylic acids is 1. The third-order valence-electron chi connectivity index (χ3n) is 5.61. The van der Waals surface area contributed by atoms with Gasteiger partial charge < -0.3 is 20.0 Å². The molecule has 1 fully saturated rings. The van der Waals surface area contributed by atoms with Crippen LogP contribution in [-0.2, 0) is 4.79 Å². The number of anilines is 2. The molecule has 1 amide bonds. The number of aromatic nitrogens is 1. The lowest BCUT2D eigenvalue weighted by Crippen LogP contribution is -2.29. The summed E-state index contributed by atoms with van der Waals surface area (Å²) in [7, 11) is 0. The van der Waals surface area contributed by atoms with E-state index in [2.05, 4.69) is 31.5 Å². The van der Waals surface area contributed by atoms with Gasteiger partial charge in [-0.25, -0.2) is 0 Å². The Hall–Kier alpha value is -3.49. The minimum atomic E-state index is -0.252. The summed E-state index contributed by atoms with van der Waals surface area (Å²) in [6.07, 6.45) is 1.78. The number of rotatable bonds is 5. The second-order valence-electron chi connectivity index (χ2n) is 7.93. The lowest BCUT2D eigenvalue weighted by Gasteiger charge is -2.26. The first kappa shape index (κ1) is 22.3. The van der Waals surface area contributed by atoms with E-state index >= 15 is 0 Å². The summed E-state index contributed by atoms with van der Waals surface area (Å²) >= 11 is 9.24. The van der Waals surface area contributed by atoms with Crippen molar-refractivity contribution in [1.82, 2.24) is 10.3 Å². The molecule has 1 aliphatic rings. The topological polar surface area (TPSA) is 70.4 Å². The number of amides is 1. The fraction of sp³-hybridized carbons (Fsp3) is 0.115. The molecule has 0 bridgehead atoms. The standard InChI is InChI=1S/C26H21BrN4O2S/c1-16(32)29-19-9-11-20(12-10-19)31-25(24(30-26(31)34)21-4-2-3-15-28-21)23-14-13-22(33-23)17-5-7-18(27)8-6-17/h2-15,24-25H,1H3,(H,29,32)(H,30,34)/t24-,25-/m0/s1. The highest BCUT2D eigenvalue weighted by Crippen LogP contribution is 2.43. The van der Waals surface area contributed by atoms with Gasteiger partial charge in [0, 0.05) is 34.5 Å². The molecule has 8 heteroatoms. The number of hydrogen-bond donors (Lipinski definition) is 2. The van der Waals surface area contributed by atoms with Crippen molar-refractivity contribution >= 4 is 50.5 Å². The van der Waals surface area contributed by atoms with Crippen molar-refractivity contribution in [3.05, 3.63) is 101 Å². The first-order chi connectivity index (χ1) is 16.5. The maximum atomic E-state index is 11.4. The predicted molar refractivity (Wildman–Crippen MR) is 141 cm³/mol. The van der Waals surface area contributed by atoms with Gasteiger partial charge in [-0.1, -0.05) is 34.1 Å². The number of furan rings is 1. The summed E-state index contributed by atoms with van der Waals surface area (Å²) in [5, 5.41) is 6.81. The van der Waals surface area contributed by atoms with Crippen LogP contribution >= 0.6 is 28.1 Å². The van der Waals surface area contributed by atoms with Crippen LogP contribution in [0.3, 0.4) is 0 Å². The second-order valence-corrected chi connectivity index (χ2v) is 9.24. The lowest BCUT2D eigenvalue weighted by atomic mass is 10.0. The maximum Gasteiger partial charge on any atom is 0.221 e. The molecule has 34 heavy (non-hydrogen) atoms. The van der Waals surface area contributed by atoms with Crippen molar-refractivity contribution in [3.63, 3.8) is 0 Å². The first-order valence-electron chi connectivity index (χ1n) is 10.7. The van der Waals surface area contributed by atoms with Gasteiger partial charge in [0.2, 0.25) is 5.91 Å². The minimum absolute atomic E-state index is 0.116. The highest BCUT2D eigenvalue weighted by molar-refractivity contribution is 9.10. The third kappa shape index (κ3) is 4.47. The summed E-state index contributed by atoms with van der Waals surface area (Å²) in [6, 6.07) is 25.0. The van der Waals surface area contributed by atoms with E-state index in [1.807, 2.05) is 83.8 Å². The summed E-state index contributed by atoms with van der Waals surface area (Å²) in [6.45, 7) is 1.49. The maximum absolute atomic E-state index is 11.4. The molecule has 1 saturated heterocycles. The molecule has 4 aromatic rings. The van der Waals surface area contributed by atoms with Crippen LogP contribution in [0.1, 0.15) is 30.5 Å². The van der Waals surface area contributed by atoms with Gasteiger partial charge in [0.1, 0.15) is 17.6 Å². The van der Waals surface area contributed by atoms with E-state index in [0.29, 0.717) is 5.11 Å². The van der Waals surface area contributed by atoms with Crippen LogP contribution in [0.15, 0.2) is 93.9 Å². The molecule has 0 spiro atoms. The Morgan fingerprint density at radius 1 is 1.06 bits per heavy atom. The summed E-state index contributed by atoms with van der Waals surface area (Å²) in [5.41, 5.74) is 3.47. The van der Waals surface area contributed by atoms with Crippen molar-refractivity contribution in [3.8, 4) is 11.3 Å². The van der Waals surface area contributed by atoms with E-state index in [4.69, 9.17) is 16.6 Å². The van der Waals surface area contributed by atoms with Crippen LogP contribution in [0, 0.1) is 0 Å². The number of carbonyl (C=O) groups is 1. The number of benzene rings is 2. The number of nitrogens with one attached hydrogen (secondary N) is 2. The van der Waals surface area contributed by atoms with Crippen LogP contribution in [0.4, 0.5) is 11.4 Å². The van der Waals surface area contributed by atoms with E-state index in [1.54, 1.807) is 6.20 Å². The molecule has 0 saturated carbocycles. The Morgan fingerprint density at radius 3 is 2.50 bits per heavy atom. The van der Waals surface area contributed by atoms with Crippen molar-refractivity contribution in [2.24, 2.45) is 0 Å². The van der Waals surface area contributed by atoms with Gasteiger partial charge in [-0.2, -0.15) is 0 Å². The average molecular weight is 533 g/mol. The summed E-state index contributed by atoms with van der Waals surface area (Å²) in [4.78, 5) is 18.0. The molecule has 1 aliphatic heterocycles. The van der Waals surface area contributed by atoms with Gasteiger partial charge in [0.15, 0.2) is 5.11 Å². The number of halogens is 1. The Bertz CT molecular complexity index is 1320. The Morgan fingerprint density at radius 2 is 1.82 bits per heavy atom. The normalized spacial score (nSPS) is 17.5. The van der Waals surface area contributed by atoms with Crippen LogP contribution in [0.5, 0.6) is 0 Å². The van der Waals surface area contributed by atoms with Crippen molar-refractivity contribution in [1.29, 1.82) is 0 Å². The molecule has 6 nitrogen and oxygen atoms in total. The van der Waals surface area contributed by atoms with Gasteiger partial charge in [-0.3, -0.25) is 9.78 Å². The Kier molecular flexibility index (Phi) is 6.17. The van der Waals surface area contributed by atoms with E-state index in [0.717, 1.165) is 38.6 Å². The quantitative estimate of drug-likeness (QED) is 0.296. The zero-order valence-corrected chi connectivity index (χ0v) is 20.6. The molecule has 0 aliphatic carbocycles. The van der Waals surface area contributed by atoms with Gasteiger partial charge in [0.05, 0.1) is 11.7 Å². The number of hydrogen-bond acceptors (Lipinski definition) is 4. The monoisotopic (exact) mass is 532 g/mol. The zero-order chi connectivity index (χ0) is 23.7. The van der Waals surface area contributed by atoms with Crippen LogP contribution in [0.2, 0.25) is 0 Å². The molecule has 2 atom stereocenters. The van der Waals surface area contributed by atoms with Crippen molar-refractivity contribution < 1.29 is 9.21 Å². The highest BCUT2D eigenvalue weighted by Gasteiger charge is 2.42. The SMILES string of the molecule is CC(=O)Nc1ccc(N2C(=S)N[C@@H](c3ccccn3)[C@@H]2c2ccc(-c3ccc(Br)cc3)o2)cc1. The Balaban J connectivity index is 1.55. The largest absolute Gasteiger partial charge is 0.459 e. The van der Waals surface area contributed by atoms with Gasteiger partial charge in [-0.05, 0) is 72.9 Å². The van der Waals surface area contributed by atoms with E-state index in [9.17, 15) is 4.79 Å². The first-order valence-corrected chi connectivity index (χ1v) is 11.9. The van der Waals surface area contributed by atoms with E-state index < -0.39 is 0 Å². The fourth-order valence-electron chi connectivity index (χ4n) is 4.11. The Labute approximate surface area is 211 Å². The van der Waals surface area contributed by atoms with Crippen LogP contribution < -0.4 is 15.5 Å². The summed E-state index contributed by atoms with van der Waals surface area (Å²) in [5.74, 6) is 1.43. The van der Waals surface area contributed by atoms with E-state index in [1.165, 1.54) is 6.92 Å². The number of thiocarbonyl (C=S) groups is 1. The molecule has 0 radical (unpaired) electrons. The van der Waals surface area contributed by atoms with E-state index in [-0.39, 0.29) is 18.0 Å². The smallest absolute Gasteiger partial charge is 0.221 e. The molecule has 2 aromatic heterocycles. The molecular formula is C26H21BrN4O2S.